The summed E-state index contributed by atoms with van der Waals surface area (Å²) in [6.07, 6.45) is 91.4. The minimum Gasteiger partial charge on any atom is -0.466 e. The molecule has 0 rings (SSSR count). The second-order valence-electron chi connectivity index (χ2n) is 26.7. The van der Waals surface area contributed by atoms with Gasteiger partial charge in [0.2, 0.25) is 5.91 Å². The number of aliphatic hydroxyl groups is 2. The Morgan fingerprint density at radius 2 is 0.566 bits per heavy atom. The highest BCUT2D eigenvalue weighted by atomic mass is 16.5. The lowest BCUT2D eigenvalue weighted by molar-refractivity contribution is -0.143. The van der Waals surface area contributed by atoms with Crippen LogP contribution >= 0.6 is 0 Å². The van der Waals surface area contributed by atoms with E-state index in [9.17, 15) is 19.8 Å². The Kier molecular flexibility index (Phi) is 71.8. The molecule has 0 aromatic carbocycles. The molecule has 0 saturated carbocycles. The summed E-state index contributed by atoms with van der Waals surface area (Å²) in [5.41, 5.74) is 0. The fraction of sp³-hybridized carbons (Fsp3) is 0.948. The van der Waals surface area contributed by atoms with Crippen molar-refractivity contribution >= 4 is 11.9 Å². The van der Waals surface area contributed by atoms with Crippen LogP contribution in [0.25, 0.3) is 0 Å². The van der Waals surface area contributed by atoms with Crippen molar-refractivity contribution in [1.82, 2.24) is 5.32 Å². The molecule has 494 valence electrons. The van der Waals surface area contributed by atoms with Gasteiger partial charge >= 0.3 is 5.97 Å². The largest absolute Gasteiger partial charge is 0.466 e. The van der Waals surface area contributed by atoms with Crippen molar-refractivity contribution in [1.29, 1.82) is 0 Å². The highest BCUT2D eigenvalue weighted by Gasteiger charge is 2.20. The SMILES string of the molecule is CCCCCCCCCCCCCCCCCCCCCCCCCCCC(O)C(CO)NC(=O)CCCCCCCCCCCC/C=C\CCCCCCCCCCCCCCOC(=O)CCCCCCCCCCCCCCCCC. The third-order valence-electron chi connectivity index (χ3n) is 18.3. The van der Waals surface area contributed by atoms with E-state index in [1.54, 1.807) is 0 Å². The fourth-order valence-electron chi connectivity index (χ4n) is 12.5. The lowest BCUT2D eigenvalue weighted by atomic mass is 10.0. The van der Waals surface area contributed by atoms with Gasteiger partial charge < -0.3 is 20.3 Å². The van der Waals surface area contributed by atoms with Crippen LogP contribution in [0.5, 0.6) is 0 Å². The molecule has 0 heterocycles. The molecule has 0 saturated heterocycles. The van der Waals surface area contributed by atoms with Crippen LogP contribution in [0.1, 0.15) is 444 Å². The Bertz CT molecular complexity index is 1260. The molecular formula is C77H151NO5. The number of hydrogen-bond acceptors (Lipinski definition) is 5. The second kappa shape index (κ2) is 73.1. The number of esters is 1. The first kappa shape index (κ1) is 81.6. The van der Waals surface area contributed by atoms with Gasteiger partial charge in [-0.15, -0.1) is 0 Å². The minimum absolute atomic E-state index is 0.0187. The van der Waals surface area contributed by atoms with Gasteiger partial charge in [0.25, 0.3) is 0 Å². The molecule has 1 amide bonds. The van der Waals surface area contributed by atoms with Crippen LogP contribution in [0.4, 0.5) is 0 Å². The summed E-state index contributed by atoms with van der Waals surface area (Å²) in [6, 6.07) is -0.544. The van der Waals surface area contributed by atoms with Crippen molar-refractivity contribution in [3.63, 3.8) is 0 Å². The molecule has 6 nitrogen and oxygen atoms in total. The number of nitrogens with one attached hydrogen (secondary N) is 1. The van der Waals surface area contributed by atoms with E-state index >= 15 is 0 Å². The van der Waals surface area contributed by atoms with Crippen molar-refractivity contribution in [2.45, 2.75) is 456 Å². The van der Waals surface area contributed by atoms with E-state index in [4.69, 9.17) is 4.74 Å². The summed E-state index contributed by atoms with van der Waals surface area (Å²) in [6.45, 7) is 5.01. The number of ether oxygens (including phenoxy) is 1. The highest BCUT2D eigenvalue weighted by Crippen LogP contribution is 2.20. The van der Waals surface area contributed by atoms with Crippen LogP contribution in [0.15, 0.2) is 12.2 Å². The van der Waals surface area contributed by atoms with E-state index in [1.165, 1.54) is 372 Å². The first-order chi connectivity index (χ1) is 41.0. The Labute approximate surface area is 520 Å². The van der Waals surface area contributed by atoms with E-state index in [1.807, 2.05) is 0 Å². The van der Waals surface area contributed by atoms with Crippen molar-refractivity contribution in [2.75, 3.05) is 13.2 Å². The minimum atomic E-state index is -0.667. The predicted octanol–water partition coefficient (Wildman–Crippen LogP) is 25.1. The van der Waals surface area contributed by atoms with E-state index < -0.39 is 12.1 Å². The number of carbonyl (C=O) groups excluding carboxylic acids is 2. The first-order valence-electron chi connectivity index (χ1n) is 38.4. The Morgan fingerprint density at radius 1 is 0.325 bits per heavy atom. The van der Waals surface area contributed by atoms with E-state index in [0.29, 0.717) is 25.9 Å². The van der Waals surface area contributed by atoms with Gasteiger partial charge in [0.15, 0.2) is 0 Å². The molecule has 0 aliphatic rings. The third-order valence-corrected chi connectivity index (χ3v) is 18.3. The van der Waals surface area contributed by atoms with Crippen LogP contribution in [0, 0.1) is 0 Å². The first-order valence-corrected chi connectivity index (χ1v) is 38.4. The molecule has 0 aliphatic carbocycles. The Morgan fingerprint density at radius 3 is 0.855 bits per heavy atom. The molecule has 0 aromatic rings. The quantitative estimate of drug-likeness (QED) is 0.0320. The predicted molar refractivity (Wildman–Crippen MR) is 366 cm³/mol. The summed E-state index contributed by atoms with van der Waals surface area (Å²) in [4.78, 5) is 24.7. The van der Waals surface area contributed by atoms with Crippen LogP contribution in [-0.2, 0) is 14.3 Å². The molecule has 0 aliphatic heterocycles. The monoisotopic (exact) mass is 1170 g/mol. The normalized spacial score (nSPS) is 12.5. The number of allylic oxidation sites excluding steroid dienone is 2. The number of hydrogen-bond donors (Lipinski definition) is 3. The summed E-state index contributed by atoms with van der Waals surface area (Å²) >= 11 is 0. The molecular weight excluding hydrogens is 1020 g/mol. The van der Waals surface area contributed by atoms with Crippen molar-refractivity contribution in [3.05, 3.63) is 12.2 Å². The maximum absolute atomic E-state index is 12.6. The number of aliphatic hydroxyl groups excluding tert-OH is 2. The van der Waals surface area contributed by atoms with E-state index in [2.05, 4.69) is 31.3 Å². The van der Waals surface area contributed by atoms with Crippen LogP contribution < -0.4 is 5.32 Å². The number of rotatable bonds is 73. The summed E-state index contributed by atoms with van der Waals surface area (Å²) in [7, 11) is 0. The van der Waals surface area contributed by atoms with Gasteiger partial charge in [0.05, 0.1) is 25.4 Å². The maximum atomic E-state index is 12.6. The topological polar surface area (TPSA) is 95.9 Å². The molecule has 0 bridgehead atoms. The lowest BCUT2D eigenvalue weighted by Gasteiger charge is -2.22. The summed E-state index contributed by atoms with van der Waals surface area (Å²) < 4.78 is 5.50. The van der Waals surface area contributed by atoms with Gasteiger partial charge in [-0.05, 0) is 51.4 Å². The fourth-order valence-corrected chi connectivity index (χ4v) is 12.5. The number of unbranched alkanes of at least 4 members (excludes halogenated alkanes) is 60. The third kappa shape index (κ3) is 69.6. The van der Waals surface area contributed by atoms with Crippen LogP contribution in [0.2, 0.25) is 0 Å². The zero-order chi connectivity index (χ0) is 59.9. The summed E-state index contributed by atoms with van der Waals surface area (Å²) in [5, 5.41) is 23.5. The molecule has 0 radical (unpaired) electrons. The molecule has 2 atom stereocenters. The number of carbonyl (C=O) groups is 2. The molecule has 0 aromatic heterocycles. The zero-order valence-corrected chi connectivity index (χ0v) is 56.7. The van der Waals surface area contributed by atoms with Gasteiger partial charge in [-0.2, -0.15) is 0 Å². The molecule has 2 unspecified atom stereocenters. The van der Waals surface area contributed by atoms with Gasteiger partial charge in [-0.3, -0.25) is 9.59 Å². The zero-order valence-electron chi connectivity index (χ0n) is 56.7. The summed E-state index contributed by atoms with van der Waals surface area (Å²) in [5.74, 6) is -0.0122. The maximum Gasteiger partial charge on any atom is 0.305 e. The standard InChI is InChI=1S/C77H151NO5/c1-3-5-7-9-11-13-15-17-19-20-21-22-23-26-29-32-35-38-42-45-49-53-57-61-65-69-75(80)74(73-79)78-76(81)70-66-62-58-54-50-46-43-39-36-33-30-27-24-25-28-31-34-37-40-44-48-52-56-60-64-68-72-83-77(82)71-67-63-59-55-51-47-41-18-16-14-12-10-8-6-4-2/h24,27,74-75,79-80H,3-23,25-26,28-73H2,1-2H3,(H,78,81)/b27-24-. The van der Waals surface area contributed by atoms with Crippen LogP contribution in [0.3, 0.4) is 0 Å². The highest BCUT2D eigenvalue weighted by molar-refractivity contribution is 5.76. The average Bonchev–Trinajstić information content (AvgIpc) is 3.49. The van der Waals surface area contributed by atoms with Gasteiger partial charge in [-0.1, -0.05) is 392 Å². The van der Waals surface area contributed by atoms with Crippen molar-refractivity contribution < 1.29 is 24.5 Å². The molecule has 0 spiro atoms. The smallest absolute Gasteiger partial charge is 0.305 e. The molecule has 3 N–H and O–H groups in total. The molecule has 83 heavy (non-hydrogen) atoms. The lowest BCUT2D eigenvalue weighted by Crippen LogP contribution is -2.45. The molecule has 0 fully saturated rings. The van der Waals surface area contributed by atoms with Gasteiger partial charge in [0.1, 0.15) is 0 Å². The van der Waals surface area contributed by atoms with Crippen molar-refractivity contribution in [2.24, 2.45) is 0 Å². The van der Waals surface area contributed by atoms with Gasteiger partial charge in [-0.25, -0.2) is 0 Å². The average molecular weight is 1170 g/mol. The Balaban J connectivity index is 3.38. The molecule has 6 heteroatoms. The van der Waals surface area contributed by atoms with Crippen molar-refractivity contribution in [3.8, 4) is 0 Å². The van der Waals surface area contributed by atoms with E-state index in [0.717, 1.165) is 38.5 Å². The van der Waals surface area contributed by atoms with Crippen LogP contribution in [-0.4, -0.2) is 47.4 Å². The Hall–Kier alpha value is -1.40. The second-order valence-corrected chi connectivity index (χ2v) is 26.7. The number of amides is 1. The van der Waals surface area contributed by atoms with E-state index in [-0.39, 0.29) is 18.5 Å². The van der Waals surface area contributed by atoms with Gasteiger partial charge in [0, 0.05) is 12.8 Å².